The van der Waals surface area contributed by atoms with Crippen LogP contribution < -0.4 is 5.32 Å². The number of esters is 1. The Labute approximate surface area is 170 Å². The smallest absolute Gasteiger partial charge is 0.339 e. The van der Waals surface area contributed by atoms with Crippen LogP contribution in [-0.4, -0.2) is 39.3 Å². The maximum absolute atomic E-state index is 12.9. The Morgan fingerprint density at radius 2 is 2.18 bits per heavy atom. The van der Waals surface area contributed by atoms with Gasteiger partial charge in [-0.2, -0.15) is 0 Å². The van der Waals surface area contributed by atoms with Crippen LogP contribution in [0.15, 0.2) is 27.2 Å². The van der Waals surface area contributed by atoms with Crippen LogP contribution in [0.25, 0.3) is 0 Å². The lowest BCUT2D eigenvalue weighted by atomic mass is 10.1. The number of rotatable bonds is 8. The van der Waals surface area contributed by atoms with Crippen LogP contribution in [0.5, 0.6) is 0 Å². The number of aromatic amines is 1. The van der Waals surface area contributed by atoms with Gasteiger partial charge in [0.05, 0.1) is 36.4 Å². The van der Waals surface area contributed by atoms with Gasteiger partial charge in [0.1, 0.15) is 5.76 Å². The predicted octanol–water partition coefficient (Wildman–Crippen LogP) is 3.84. The molecule has 0 amide bonds. The number of ether oxygens (including phenoxy) is 1. The van der Waals surface area contributed by atoms with E-state index < -0.39 is 11.2 Å². The number of ketones is 1. The first-order valence-corrected chi connectivity index (χ1v) is 10.2. The van der Waals surface area contributed by atoms with Crippen LogP contribution >= 0.6 is 23.1 Å². The molecule has 3 aromatic rings. The second kappa shape index (κ2) is 8.61. The highest BCUT2D eigenvalue weighted by atomic mass is 32.2. The Kier molecular flexibility index (Phi) is 6.20. The zero-order valence-electron chi connectivity index (χ0n) is 15.9. The summed E-state index contributed by atoms with van der Waals surface area (Å²) in [7, 11) is 1.32. The van der Waals surface area contributed by atoms with Crippen molar-refractivity contribution in [3.05, 3.63) is 46.7 Å². The fraction of sp³-hybridized carbons (Fsp3) is 0.333. The van der Waals surface area contributed by atoms with E-state index >= 15 is 0 Å². The second-order valence-electron chi connectivity index (χ2n) is 6.05. The van der Waals surface area contributed by atoms with Gasteiger partial charge in [0.15, 0.2) is 10.1 Å². The molecule has 28 heavy (non-hydrogen) atoms. The number of H-pyrrole nitrogens is 1. The van der Waals surface area contributed by atoms with Crippen molar-refractivity contribution in [3.63, 3.8) is 0 Å². The number of nitrogens with one attached hydrogen (secondary N) is 2. The minimum atomic E-state index is -0.456. The maximum Gasteiger partial charge on any atom is 0.339 e. The number of carbonyl (C=O) groups excluding carboxylic acids is 2. The molecule has 0 unspecified atom stereocenters. The lowest BCUT2D eigenvalue weighted by Gasteiger charge is -2.07. The summed E-state index contributed by atoms with van der Waals surface area (Å²) in [5.41, 5.74) is 2.03. The van der Waals surface area contributed by atoms with Gasteiger partial charge in [-0.3, -0.25) is 4.79 Å². The molecule has 0 saturated carbocycles. The number of aryl methyl sites for hydroxylation is 1. The van der Waals surface area contributed by atoms with E-state index in [2.05, 4.69) is 20.5 Å². The molecule has 10 heteroatoms. The van der Waals surface area contributed by atoms with Crippen molar-refractivity contribution in [3.8, 4) is 0 Å². The van der Waals surface area contributed by atoms with Crippen LogP contribution in [0.3, 0.4) is 0 Å². The Balaban J connectivity index is 1.65. The molecule has 0 fully saturated rings. The number of thioether (sulfide) groups is 1. The Bertz CT molecular complexity index is 978. The third kappa shape index (κ3) is 4.28. The number of anilines is 1. The number of hydrogen-bond acceptors (Lipinski definition) is 9. The van der Waals surface area contributed by atoms with Gasteiger partial charge in [-0.1, -0.05) is 23.1 Å². The summed E-state index contributed by atoms with van der Waals surface area (Å²) >= 11 is 2.69. The fourth-order valence-electron chi connectivity index (χ4n) is 2.72. The molecule has 0 aromatic carbocycles. The fourth-order valence-corrected chi connectivity index (χ4v) is 4.67. The van der Waals surface area contributed by atoms with Gasteiger partial charge in [0, 0.05) is 5.69 Å². The van der Waals surface area contributed by atoms with Crippen molar-refractivity contribution >= 4 is 40.0 Å². The molecular weight excluding hydrogens is 400 g/mol. The number of Topliss-reactive ketones (excluding diaryl/α,β-unsaturated/α-hetero) is 1. The first kappa shape index (κ1) is 20.2. The molecule has 0 radical (unpaired) electrons. The average molecular weight is 421 g/mol. The molecule has 3 aromatic heterocycles. The largest absolute Gasteiger partial charge is 0.467 e. The van der Waals surface area contributed by atoms with Crippen molar-refractivity contribution in [2.45, 2.75) is 36.9 Å². The second-order valence-corrected chi connectivity index (χ2v) is 8.61. The van der Waals surface area contributed by atoms with Crippen molar-refractivity contribution < 1.29 is 18.7 Å². The minimum absolute atomic E-state index is 0.110. The highest BCUT2D eigenvalue weighted by Gasteiger charge is 2.26. The highest BCUT2D eigenvalue weighted by molar-refractivity contribution is 8.02. The van der Waals surface area contributed by atoms with Crippen LogP contribution in [0.1, 0.15) is 44.8 Å². The lowest BCUT2D eigenvalue weighted by molar-refractivity contribution is 0.0599. The van der Waals surface area contributed by atoms with E-state index in [1.807, 2.05) is 12.1 Å². The molecule has 1 atom stereocenters. The van der Waals surface area contributed by atoms with E-state index in [1.165, 1.54) is 30.2 Å². The van der Waals surface area contributed by atoms with Gasteiger partial charge in [0.2, 0.25) is 5.13 Å². The van der Waals surface area contributed by atoms with Crippen LogP contribution in [-0.2, 0) is 11.3 Å². The van der Waals surface area contributed by atoms with Gasteiger partial charge < -0.3 is 19.5 Å². The molecule has 148 valence electrons. The van der Waals surface area contributed by atoms with Gasteiger partial charge >= 0.3 is 5.97 Å². The summed E-state index contributed by atoms with van der Waals surface area (Å²) in [6.45, 7) is 5.80. The van der Waals surface area contributed by atoms with E-state index in [9.17, 15) is 9.59 Å². The number of aromatic nitrogens is 3. The SMILES string of the molecule is COC(=O)c1c(C)[nH]c(C(=O)[C@H](C)Sc2nnc(NCc3ccco3)s2)c1C. The van der Waals surface area contributed by atoms with E-state index in [-0.39, 0.29) is 5.78 Å². The first-order chi connectivity index (χ1) is 13.4. The van der Waals surface area contributed by atoms with E-state index in [0.29, 0.717) is 38.5 Å². The molecule has 0 bridgehead atoms. The highest BCUT2D eigenvalue weighted by Crippen LogP contribution is 2.31. The molecule has 8 nitrogen and oxygen atoms in total. The van der Waals surface area contributed by atoms with Crippen molar-refractivity contribution in [1.29, 1.82) is 0 Å². The predicted molar refractivity (Wildman–Crippen MR) is 107 cm³/mol. The number of hydrogen-bond donors (Lipinski definition) is 2. The van der Waals surface area contributed by atoms with Gasteiger partial charge in [0.25, 0.3) is 0 Å². The van der Waals surface area contributed by atoms with Crippen molar-refractivity contribution in [2.75, 3.05) is 12.4 Å². The van der Waals surface area contributed by atoms with Crippen molar-refractivity contribution in [1.82, 2.24) is 15.2 Å². The first-order valence-electron chi connectivity index (χ1n) is 8.48. The van der Waals surface area contributed by atoms with Crippen LogP contribution in [0.2, 0.25) is 0 Å². The molecule has 3 heterocycles. The van der Waals surface area contributed by atoms with Crippen molar-refractivity contribution in [2.24, 2.45) is 0 Å². The molecule has 0 saturated heterocycles. The average Bonchev–Trinajstić information content (AvgIpc) is 3.40. The monoisotopic (exact) mass is 420 g/mol. The maximum atomic E-state index is 12.9. The third-order valence-electron chi connectivity index (χ3n) is 4.12. The normalized spacial score (nSPS) is 12.0. The lowest BCUT2D eigenvalue weighted by Crippen LogP contribution is -2.15. The van der Waals surface area contributed by atoms with E-state index in [4.69, 9.17) is 9.15 Å². The summed E-state index contributed by atoms with van der Waals surface area (Å²) < 4.78 is 10.7. The van der Waals surface area contributed by atoms with Gasteiger partial charge in [-0.25, -0.2) is 4.79 Å². The number of methoxy groups -OCH3 is 1. The summed E-state index contributed by atoms with van der Waals surface area (Å²) in [6.07, 6.45) is 1.61. The van der Waals surface area contributed by atoms with E-state index in [1.54, 1.807) is 27.0 Å². The summed E-state index contributed by atoms with van der Waals surface area (Å²) in [5, 5.41) is 11.6. The molecular formula is C18H20N4O4S2. The number of furan rings is 1. The zero-order valence-corrected chi connectivity index (χ0v) is 17.5. The quantitative estimate of drug-likeness (QED) is 0.321. The summed E-state index contributed by atoms with van der Waals surface area (Å²) in [6, 6.07) is 3.69. The van der Waals surface area contributed by atoms with Gasteiger partial charge in [-0.15, -0.1) is 10.2 Å². The zero-order chi connectivity index (χ0) is 20.3. The Morgan fingerprint density at radius 3 is 2.86 bits per heavy atom. The molecule has 0 aliphatic heterocycles. The minimum Gasteiger partial charge on any atom is -0.467 e. The molecule has 2 N–H and O–H groups in total. The van der Waals surface area contributed by atoms with Crippen LogP contribution in [0.4, 0.5) is 5.13 Å². The standard InChI is InChI=1S/C18H20N4O4S2/c1-9-13(16(24)25-4)10(2)20-14(9)15(23)11(3)27-18-22-21-17(28-18)19-8-12-6-5-7-26-12/h5-7,11,20H,8H2,1-4H3,(H,19,21)/t11-/m0/s1. The number of carbonyl (C=O) groups is 2. The molecule has 3 rings (SSSR count). The topological polar surface area (TPSA) is 110 Å². The number of nitrogens with zero attached hydrogens (tertiary/aromatic N) is 2. The molecule has 0 aliphatic rings. The molecule has 0 aliphatic carbocycles. The Hall–Kier alpha value is -2.59. The molecule has 0 spiro atoms. The van der Waals surface area contributed by atoms with Gasteiger partial charge in [-0.05, 0) is 38.5 Å². The van der Waals surface area contributed by atoms with Crippen LogP contribution in [0, 0.1) is 13.8 Å². The van der Waals surface area contributed by atoms with E-state index in [0.717, 1.165) is 5.76 Å². The summed E-state index contributed by atoms with van der Waals surface area (Å²) in [5.74, 6) is 0.231. The Morgan fingerprint density at radius 1 is 1.39 bits per heavy atom. The summed E-state index contributed by atoms with van der Waals surface area (Å²) in [4.78, 5) is 27.8. The third-order valence-corrected chi connectivity index (χ3v) is 6.19.